The van der Waals surface area contributed by atoms with Crippen molar-refractivity contribution in [2.45, 2.75) is 51.7 Å². The van der Waals surface area contributed by atoms with Crippen LogP contribution in [0.1, 0.15) is 37.8 Å². The molecule has 0 aliphatic heterocycles. The van der Waals surface area contributed by atoms with Gasteiger partial charge in [0.15, 0.2) is 0 Å². The van der Waals surface area contributed by atoms with Crippen LogP contribution in [0.4, 0.5) is 0 Å². The maximum atomic E-state index is 12.1. The standard InChI is InChI=1S/C15H22N2O/c1-3-12-4-6-13(7-5-12)10-17(14-8-9-14)15(18)11(2)16/h4-7,11,14H,3,8-10,16H2,1-2H3. The van der Waals surface area contributed by atoms with Crippen molar-refractivity contribution in [3.63, 3.8) is 0 Å². The Bertz CT molecular complexity index is 407. The highest BCUT2D eigenvalue weighted by atomic mass is 16.2. The molecule has 2 N–H and O–H groups in total. The molecule has 3 heteroatoms. The van der Waals surface area contributed by atoms with Crippen molar-refractivity contribution in [2.75, 3.05) is 0 Å². The molecular weight excluding hydrogens is 224 g/mol. The molecule has 1 fully saturated rings. The monoisotopic (exact) mass is 246 g/mol. The first-order valence-electron chi connectivity index (χ1n) is 6.75. The van der Waals surface area contributed by atoms with Gasteiger partial charge in [-0.15, -0.1) is 0 Å². The average molecular weight is 246 g/mol. The number of carbonyl (C=O) groups is 1. The number of hydrogen-bond acceptors (Lipinski definition) is 2. The first-order valence-corrected chi connectivity index (χ1v) is 6.75. The van der Waals surface area contributed by atoms with Crippen molar-refractivity contribution in [1.29, 1.82) is 0 Å². The van der Waals surface area contributed by atoms with Crippen LogP contribution in [0.25, 0.3) is 0 Å². The lowest BCUT2D eigenvalue weighted by Crippen LogP contribution is -2.42. The molecule has 0 saturated heterocycles. The Morgan fingerprint density at radius 2 is 1.89 bits per heavy atom. The summed E-state index contributed by atoms with van der Waals surface area (Å²) in [6.45, 7) is 4.60. The summed E-state index contributed by atoms with van der Waals surface area (Å²) in [5.41, 5.74) is 8.23. The van der Waals surface area contributed by atoms with Gasteiger partial charge in [-0.25, -0.2) is 0 Å². The molecular formula is C15H22N2O. The van der Waals surface area contributed by atoms with Crippen molar-refractivity contribution in [2.24, 2.45) is 5.73 Å². The Kier molecular flexibility index (Phi) is 4.02. The van der Waals surface area contributed by atoms with Gasteiger partial charge in [0.25, 0.3) is 0 Å². The van der Waals surface area contributed by atoms with Crippen LogP contribution in [0.5, 0.6) is 0 Å². The molecule has 1 amide bonds. The molecule has 0 bridgehead atoms. The molecule has 0 spiro atoms. The highest BCUT2D eigenvalue weighted by molar-refractivity contribution is 5.81. The van der Waals surface area contributed by atoms with Crippen LogP contribution in [0.15, 0.2) is 24.3 Å². The minimum Gasteiger partial charge on any atom is -0.334 e. The van der Waals surface area contributed by atoms with Gasteiger partial charge < -0.3 is 10.6 Å². The molecule has 1 atom stereocenters. The Balaban J connectivity index is 2.06. The molecule has 18 heavy (non-hydrogen) atoms. The van der Waals surface area contributed by atoms with E-state index in [0.717, 1.165) is 19.3 Å². The van der Waals surface area contributed by atoms with Crippen molar-refractivity contribution < 1.29 is 4.79 Å². The number of carbonyl (C=O) groups excluding carboxylic acids is 1. The summed E-state index contributed by atoms with van der Waals surface area (Å²) < 4.78 is 0. The fourth-order valence-electron chi connectivity index (χ4n) is 2.11. The van der Waals surface area contributed by atoms with E-state index in [4.69, 9.17) is 5.73 Å². The highest BCUT2D eigenvalue weighted by Gasteiger charge is 2.33. The first kappa shape index (κ1) is 13.1. The zero-order valence-corrected chi connectivity index (χ0v) is 11.2. The summed E-state index contributed by atoms with van der Waals surface area (Å²) in [5, 5.41) is 0. The highest BCUT2D eigenvalue weighted by Crippen LogP contribution is 2.28. The van der Waals surface area contributed by atoms with E-state index in [-0.39, 0.29) is 5.91 Å². The summed E-state index contributed by atoms with van der Waals surface area (Å²) in [6.07, 6.45) is 3.28. The number of hydrogen-bond donors (Lipinski definition) is 1. The number of aryl methyl sites for hydroxylation is 1. The summed E-state index contributed by atoms with van der Waals surface area (Å²) in [7, 11) is 0. The summed E-state index contributed by atoms with van der Waals surface area (Å²) >= 11 is 0. The van der Waals surface area contributed by atoms with Crippen LogP contribution in [0, 0.1) is 0 Å². The lowest BCUT2D eigenvalue weighted by Gasteiger charge is -2.24. The third-order valence-corrected chi connectivity index (χ3v) is 3.44. The van der Waals surface area contributed by atoms with Gasteiger partial charge in [-0.05, 0) is 37.3 Å². The molecule has 0 radical (unpaired) electrons. The van der Waals surface area contributed by atoms with Gasteiger partial charge in [-0.1, -0.05) is 31.2 Å². The van der Waals surface area contributed by atoms with Gasteiger partial charge >= 0.3 is 0 Å². The smallest absolute Gasteiger partial charge is 0.239 e. The van der Waals surface area contributed by atoms with E-state index < -0.39 is 6.04 Å². The van der Waals surface area contributed by atoms with E-state index in [0.29, 0.717) is 12.6 Å². The maximum Gasteiger partial charge on any atom is 0.239 e. The van der Waals surface area contributed by atoms with Crippen LogP contribution >= 0.6 is 0 Å². The topological polar surface area (TPSA) is 46.3 Å². The van der Waals surface area contributed by atoms with E-state index in [9.17, 15) is 4.79 Å². The number of nitrogens with zero attached hydrogens (tertiary/aromatic N) is 1. The predicted molar refractivity (Wildman–Crippen MR) is 73.0 cm³/mol. The Morgan fingerprint density at radius 1 is 1.33 bits per heavy atom. The van der Waals surface area contributed by atoms with E-state index in [1.54, 1.807) is 6.92 Å². The molecule has 3 nitrogen and oxygen atoms in total. The molecule has 1 aromatic carbocycles. The van der Waals surface area contributed by atoms with Gasteiger partial charge in [0.1, 0.15) is 0 Å². The van der Waals surface area contributed by atoms with E-state index in [2.05, 4.69) is 31.2 Å². The van der Waals surface area contributed by atoms with Crippen molar-refractivity contribution in [1.82, 2.24) is 4.90 Å². The normalized spacial score (nSPS) is 16.4. The summed E-state index contributed by atoms with van der Waals surface area (Å²) in [5.74, 6) is 0.0667. The summed E-state index contributed by atoms with van der Waals surface area (Å²) in [6, 6.07) is 8.51. The molecule has 2 rings (SSSR count). The van der Waals surface area contributed by atoms with Crippen LogP contribution in [-0.4, -0.2) is 22.9 Å². The number of amides is 1. The van der Waals surface area contributed by atoms with Crippen LogP contribution in [0.2, 0.25) is 0 Å². The molecule has 1 unspecified atom stereocenters. The van der Waals surface area contributed by atoms with Crippen molar-refractivity contribution in [3.8, 4) is 0 Å². The lowest BCUT2D eigenvalue weighted by molar-refractivity contribution is -0.133. The third-order valence-electron chi connectivity index (χ3n) is 3.44. The Hall–Kier alpha value is -1.35. The van der Waals surface area contributed by atoms with Crippen LogP contribution < -0.4 is 5.73 Å². The van der Waals surface area contributed by atoms with Crippen molar-refractivity contribution >= 4 is 5.91 Å². The lowest BCUT2D eigenvalue weighted by atomic mass is 10.1. The second-order valence-electron chi connectivity index (χ2n) is 5.16. The van der Waals surface area contributed by atoms with Gasteiger partial charge in [0.2, 0.25) is 5.91 Å². The second-order valence-corrected chi connectivity index (χ2v) is 5.16. The van der Waals surface area contributed by atoms with E-state index in [1.807, 2.05) is 4.90 Å². The van der Waals surface area contributed by atoms with Crippen LogP contribution in [-0.2, 0) is 17.8 Å². The third kappa shape index (κ3) is 3.10. The molecule has 1 aliphatic rings. The van der Waals surface area contributed by atoms with Gasteiger partial charge in [0, 0.05) is 12.6 Å². The van der Waals surface area contributed by atoms with Gasteiger partial charge in [-0.2, -0.15) is 0 Å². The quantitative estimate of drug-likeness (QED) is 0.864. The van der Waals surface area contributed by atoms with Gasteiger partial charge in [0.05, 0.1) is 6.04 Å². The van der Waals surface area contributed by atoms with Crippen LogP contribution in [0.3, 0.4) is 0 Å². The first-order chi connectivity index (χ1) is 8.61. The Labute approximate surface area is 109 Å². The molecule has 1 saturated carbocycles. The predicted octanol–water partition coefficient (Wildman–Crippen LogP) is 2.09. The van der Waals surface area contributed by atoms with Gasteiger partial charge in [-0.3, -0.25) is 4.79 Å². The summed E-state index contributed by atoms with van der Waals surface area (Å²) in [4.78, 5) is 14.0. The zero-order chi connectivity index (χ0) is 13.1. The zero-order valence-electron chi connectivity index (χ0n) is 11.2. The molecule has 98 valence electrons. The minimum atomic E-state index is -0.402. The van der Waals surface area contributed by atoms with E-state index >= 15 is 0 Å². The Morgan fingerprint density at radius 3 is 2.33 bits per heavy atom. The SMILES string of the molecule is CCc1ccc(CN(C(=O)C(C)N)C2CC2)cc1. The second kappa shape index (κ2) is 5.53. The van der Waals surface area contributed by atoms with Crippen molar-refractivity contribution in [3.05, 3.63) is 35.4 Å². The fourth-order valence-corrected chi connectivity index (χ4v) is 2.11. The minimum absolute atomic E-state index is 0.0667. The largest absolute Gasteiger partial charge is 0.334 e. The maximum absolute atomic E-state index is 12.1. The number of nitrogens with two attached hydrogens (primary N) is 1. The average Bonchev–Trinajstić information content (AvgIpc) is 3.20. The number of benzene rings is 1. The molecule has 0 heterocycles. The molecule has 1 aliphatic carbocycles. The number of rotatable bonds is 5. The molecule has 0 aromatic heterocycles. The molecule has 1 aromatic rings. The fraction of sp³-hybridized carbons (Fsp3) is 0.533. The van der Waals surface area contributed by atoms with E-state index in [1.165, 1.54) is 11.1 Å².